The fourth-order valence-electron chi connectivity index (χ4n) is 7.81. The van der Waals surface area contributed by atoms with E-state index in [1.165, 1.54) is 19.4 Å². The summed E-state index contributed by atoms with van der Waals surface area (Å²) in [5, 5.41) is 12.4. The van der Waals surface area contributed by atoms with Gasteiger partial charge in [0, 0.05) is 44.1 Å². The number of hydrogen-bond donors (Lipinski definition) is 1. The van der Waals surface area contributed by atoms with E-state index < -0.39 is 28.9 Å². The van der Waals surface area contributed by atoms with Gasteiger partial charge in [-0.2, -0.15) is 18.7 Å². The molecule has 0 bridgehead atoms. The van der Waals surface area contributed by atoms with Crippen molar-refractivity contribution in [1.29, 1.82) is 0 Å². The average Bonchev–Trinajstić information content (AvgIpc) is 3.64. The van der Waals surface area contributed by atoms with Crippen molar-refractivity contribution < 1.29 is 36.9 Å². The van der Waals surface area contributed by atoms with E-state index in [2.05, 4.69) is 9.97 Å². The highest BCUT2D eigenvalue weighted by molar-refractivity contribution is 6.01. The number of methoxy groups -OCH3 is 1. The van der Waals surface area contributed by atoms with Gasteiger partial charge in [0.25, 0.3) is 6.08 Å². The number of fused-ring (bicyclic) bond motifs is 3. The van der Waals surface area contributed by atoms with Gasteiger partial charge in [-0.25, -0.2) is 8.78 Å². The van der Waals surface area contributed by atoms with Crippen molar-refractivity contribution in [3.05, 3.63) is 59.3 Å². The summed E-state index contributed by atoms with van der Waals surface area (Å²) in [4.78, 5) is 17.7. The van der Waals surface area contributed by atoms with Crippen LogP contribution in [0.3, 0.4) is 0 Å². The van der Waals surface area contributed by atoms with Gasteiger partial charge >= 0.3 is 6.01 Å². The molecule has 3 fully saturated rings. The van der Waals surface area contributed by atoms with Crippen LogP contribution in [0.25, 0.3) is 32.9 Å². The maximum absolute atomic E-state index is 17.0. The molecule has 9 nitrogen and oxygen atoms in total. The molecule has 260 valence electrons. The van der Waals surface area contributed by atoms with Crippen molar-refractivity contribution in [2.24, 2.45) is 0 Å². The van der Waals surface area contributed by atoms with Gasteiger partial charge in [0.1, 0.15) is 35.2 Å². The smallest absolute Gasteiger partial charge is 0.319 e. The first-order chi connectivity index (χ1) is 23.5. The van der Waals surface area contributed by atoms with Crippen molar-refractivity contribution in [1.82, 2.24) is 19.9 Å². The molecule has 2 atom stereocenters. The molecule has 3 aliphatic heterocycles. The predicted octanol–water partition coefficient (Wildman–Crippen LogP) is 6.79. The summed E-state index contributed by atoms with van der Waals surface area (Å²) < 4.78 is 76.5. The number of rotatable bonds is 9. The molecule has 2 aromatic heterocycles. The Labute approximate surface area is 281 Å². The summed E-state index contributed by atoms with van der Waals surface area (Å²) in [5.74, 6) is -0.448. The van der Waals surface area contributed by atoms with Crippen LogP contribution in [0, 0.1) is 11.6 Å². The molecular formula is C36H39F4N5O4. The SMILES string of the molecule is CCc1c(F)ccc2cc(OCOC)cc(-c3ncc4c(N5CCC[C@@](C)(O)C5)nc(OCC56CCCN5CC(=C(F)F)C6)nc4c3F)c12. The minimum Gasteiger partial charge on any atom is -0.468 e. The van der Waals surface area contributed by atoms with Crippen molar-refractivity contribution in [2.45, 2.75) is 63.5 Å². The summed E-state index contributed by atoms with van der Waals surface area (Å²) in [5.41, 5.74) is -0.928. The second-order valence-electron chi connectivity index (χ2n) is 13.6. The first-order valence-electron chi connectivity index (χ1n) is 16.6. The van der Waals surface area contributed by atoms with Crippen LogP contribution in [-0.2, 0) is 11.2 Å². The van der Waals surface area contributed by atoms with Crippen LogP contribution >= 0.6 is 0 Å². The molecular weight excluding hydrogens is 642 g/mol. The lowest BCUT2D eigenvalue weighted by Gasteiger charge is -2.38. The van der Waals surface area contributed by atoms with Crippen LogP contribution < -0.4 is 14.4 Å². The molecule has 0 radical (unpaired) electrons. The molecule has 1 unspecified atom stereocenters. The molecule has 3 aliphatic rings. The maximum atomic E-state index is 17.0. The van der Waals surface area contributed by atoms with Crippen molar-refractivity contribution in [3.8, 4) is 23.0 Å². The molecule has 49 heavy (non-hydrogen) atoms. The van der Waals surface area contributed by atoms with E-state index >= 15 is 8.78 Å². The lowest BCUT2D eigenvalue weighted by molar-refractivity contribution is 0.0447. The quantitative estimate of drug-likeness (QED) is 0.152. The lowest BCUT2D eigenvalue weighted by Crippen LogP contribution is -2.46. The fourth-order valence-corrected chi connectivity index (χ4v) is 7.81. The van der Waals surface area contributed by atoms with Crippen molar-refractivity contribution >= 4 is 27.5 Å². The van der Waals surface area contributed by atoms with Crippen LogP contribution in [-0.4, -0.2) is 82.8 Å². The average molecular weight is 682 g/mol. The number of halogens is 4. The Kier molecular flexibility index (Phi) is 8.87. The van der Waals surface area contributed by atoms with Gasteiger partial charge < -0.3 is 24.2 Å². The number of anilines is 1. The van der Waals surface area contributed by atoms with E-state index in [-0.39, 0.29) is 55.7 Å². The first-order valence-corrected chi connectivity index (χ1v) is 16.6. The summed E-state index contributed by atoms with van der Waals surface area (Å²) in [7, 11) is 1.49. The third-order valence-corrected chi connectivity index (χ3v) is 10.1. The minimum atomic E-state index is -1.66. The molecule has 2 aromatic carbocycles. The summed E-state index contributed by atoms with van der Waals surface area (Å²) in [6.45, 7) is 5.23. The molecule has 5 heterocycles. The fraction of sp³-hybridized carbons (Fsp3) is 0.472. The molecule has 0 spiro atoms. The standard InChI is InChI=1S/C36H39F4N5O4/c1-4-24-27(37)8-7-21-13-23(49-20-47-3)14-25(28(21)24)30-29(38)31-26(16-41-30)33(44-11-5-9-35(2,46)18-44)43-34(42-31)48-19-36-10-6-12-45(36)17-22(15-36)32(39)40/h7-8,13-14,16,46H,4-6,9-12,15,17-20H2,1-3H3/t35-,36?/m1/s1. The molecule has 0 saturated carbocycles. The van der Waals surface area contributed by atoms with Crippen molar-refractivity contribution in [3.63, 3.8) is 0 Å². The lowest BCUT2D eigenvalue weighted by atomic mass is 9.94. The number of piperidine rings is 1. The Hall–Kier alpha value is -4.07. The van der Waals surface area contributed by atoms with Gasteiger partial charge in [-0.15, -0.1) is 0 Å². The highest BCUT2D eigenvalue weighted by Crippen LogP contribution is 2.44. The zero-order valence-corrected chi connectivity index (χ0v) is 27.8. The Morgan fingerprint density at radius 2 is 1.88 bits per heavy atom. The number of benzene rings is 2. The highest BCUT2D eigenvalue weighted by Gasteiger charge is 2.48. The molecule has 13 heteroatoms. The number of aromatic nitrogens is 3. The van der Waals surface area contributed by atoms with Crippen LogP contribution in [0.2, 0.25) is 0 Å². The molecule has 7 rings (SSSR count). The number of β-amino-alcohol motifs (C(OH)–C–C–N with tert-alkyl or cyclic N) is 1. The predicted molar refractivity (Wildman–Crippen MR) is 177 cm³/mol. The van der Waals surface area contributed by atoms with Gasteiger partial charge in [0.15, 0.2) is 12.6 Å². The third-order valence-electron chi connectivity index (χ3n) is 10.1. The molecule has 0 aliphatic carbocycles. The van der Waals surface area contributed by atoms with Gasteiger partial charge in [-0.05, 0) is 86.5 Å². The van der Waals surface area contributed by atoms with E-state index in [4.69, 9.17) is 19.2 Å². The number of pyridine rings is 1. The number of nitrogens with zero attached hydrogens (tertiary/aromatic N) is 5. The highest BCUT2D eigenvalue weighted by atomic mass is 19.3. The van der Waals surface area contributed by atoms with E-state index in [1.54, 1.807) is 25.1 Å². The molecule has 3 saturated heterocycles. The van der Waals surface area contributed by atoms with E-state index in [9.17, 15) is 13.9 Å². The summed E-state index contributed by atoms with van der Waals surface area (Å²) in [6.07, 6.45) is 3.16. The van der Waals surface area contributed by atoms with Crippen LogP contribution in [0.4, 0.5) is 23.4 Å². The second kappa shape index (κ2) is 13.0. The molecule has 1 N–H and O–H groups in total. The number of aliphatic hydroxyl groups is 1. The third kappa shape index (κ3) is 6.16. The summed E-state index contributed by atoms with van der Waals surface area (Å²) in [6, 6.07) is 6.24. The summed E-state index contributed by atoms with van der Waals surface area (Å²) >= 11 is 0. The van der Waals surface area contributed by atoms with Crippen LogP contribution in [0.5, 0.6) is 11.8 Å². The Morgan fingerprint density at radius 1 is 1.06 bits per heavy atom. The largest absolute Gasteiger partial charge is 0.468 e. The van der Waals surface area contributed by atoms with E-state index in [0.717, 1.165) is 6.42 Å². The van der Waals surface area contributed by atoms with Gasteiger partial charge in [-0.1, -0.05) is 13.0 Å². The van der Waals surface area contributed by atoms with Gasteiger partial charge in [0.2, 0.25) is 0 Å². The Balaban J connectivity index is 1.38. The monoisotopic (exact) mass is 681 g/mol. The van der Waals surface area contributed by atoms with E-state index in [0.29, 0.717) is 77.6 Å². The van der Waals surface area contributed by atoms with Crippen LogP contribution in [0.1, 0.15) is 51.5 Å². The number of aryl methyl sites for hydroxylation is 1. The normalized spacial score (nSPS) is 22.7. The van der Waals surface area contributed by atoms with Crippen LogP contribution in [0.15, 0.2) is 42.1 Å². The minimum absolute atomic E-state index is 0.0501. The zero-order chi connectivity index (χ0) is 34.5. The second-order valence-corrected chi connectivity index (χ2v) is 13.6. The van der Waals surface area contributed by atoms with E-state index in [1.807, 2.05) is 16.7 Å². The Morgan fingerprint density at radius 3 is 2.63 bits per heavy atom. The van der Waals surface area contributed by atoms with Gasteiger partial charge in [0.05, 0.1) is 16.5 Å². The molecule has 4 aromatic rings. The Bertz CT molecular complexity index is 1950. The zero-order valence-electron chi connectivity index (χ0n) is 27.8. The maximum Gasteiger partial charge on any atom is 0.319 e. The molecule has 0 amide bonds. The first kappa shape index (κ1) is 33.4. The van der Waals surface area contributed by atoms with Crippen molar-refractivity contribution in [2.75, 3.05) is 51.6 Å². The number of hydrogen-bond acceptors (Lipinski definition) is 9. The van der Waals surface area contributed by atoms with Gasteiger partial charge in [-0.3, -0.25) is 9.88 Å². The number of ether oxygens (including phenoxy) is 3. The topological polar surface area (TPSA) is 93.1 Å².